The molecule has 4 nitrogen and oxygen atoms in total. The summed E-state index contributed by atoms with van der Waals surface area (Å²) >= 11 is 0. The third kappa shape index (κ3) is 3.52. The Kier molecular flexibility index (Phi) is 4.30. The molecule has 0 bridgehead atoms. The van der Waals surface area contributed by atoms with Gasteiger partial charge in [0.05, 0.1) is 18.3 Å². The maximum absolute atomic E-state index is 13.0. The Bertz CT molecular complexity index is 845. The average Bonchev–Trinajstić information content (AvgIpc) is 2.58. The van der Waals surface area contributed by atoms with Crippen LogP contribution in [0, 0.1) is 5.82 Å². The summed E-state index contributed by atoms with van der Waals surface area (Å²) in [7, 11) is 0. The molecule has 2 aromatic carbocycles. The van der Waals surface area contributed by atoms with E-state index < -0.39 is 6.10 Å². The van der Waals surface area contributed by atoms with E-state index >= 15 is 0 Å². The van der Waals surface area contributed by atoms with Crippen molar-refractivity contribution in [2.24, 2.45) is 0 Å². The van der Waals surface area contributed by atoms with E-state index in [9.17, 15) is 14.3 Å². The molecule has 5 heteroatoms. The zero-order chi connectivity index (χ0) is 16.2. The highest BCUT2D eigenvalue weighted by molar-refractivity contribution is 5.57. The van der Waals surface area contributed by atoms with E-state index in [0.717, 1.165) is 0 Å². The van der Waals surface area contributed by atoms with Gasteiger partial charge in [-0.15, -0.1) is 0 Å². The minimum absolute atomic E-state index is 0.0535. The Balaban J connectivity index is 1.89. The number of aromatic nitrogens is 2. The molecule has 1 atom stereocenters. The van der Waals surface area contributed by atoms with Crippen LogP contribution in [0.3, 0.4) is 0 Å². The van der Waals surface area contributed by atoms with Crippen molar-refractivity contribution in [2.75, 3.05) is 0 Å². The number of nitrogens with zero attached hydrogens (tertiary/aromatic N) is 2. The third-order valence-corrected chi connectivity index (χ3v) is 3.54. The highest BCUT2D eigenvalue weighted by atomic mass is 19.1. The summed E-state index contributed by atoms with van der Waals surface area (Å²) in [6.07, 6.45) is -0.829. The van der Waals surface area contributed by atoms with Crippen LogP contribution in [0.4, 0.5) is 4.39 Å². The van der Waals surface area contributed by atoms with Gasteiger partial charge in [-0.05, 0) is 35.9 Å². The molecule has 1 aromatic heterocycles. The maximum atomic E-state index is 13.0. The van der Waals surface area contributed by atoms with Crippen molar-refractivity contribution in [3.63, 3.8) is 0 Å². The van der Waals surface area contributed by atoms with Gasteiger partial charge in [0.1, 0.15) is 5.82 Å². The molecule has 0 aliphatic carbocycles. The first-order valence-electron chi connectivity index (χ1n) is 7.20. The summed E-state index contributed by atoms with van der Waals surface area (Å²) in [5, 5.41) is 14.5. The lowest BCUT2D eigenvalue weighted by Gasteiger charge is -2.13. The number of benzene rings is 2. The topological polar surface area (TPSA) is 55.1 Å². The number of halogens is 1. The van der Waals surface area contributed by atoms with Gasteiger partial charge < -0.3 is 5.11 Å². The molecule has 0 spiro atoms. The second kappa shape index (κ2) is 6.54. The SMILES string of the molecule is O=c1ccc(-c2ccc(F)cc2)nn1CC(O)c1ccccc1. The molecule has 1 heterocycles. The first kappa shape index (κ1) is 15.1. The van der Waals surface area contributed by atoms with Gasteiger partial charge in [-0.2, -0.15) is 5.10 Å². The number of rotatable bonds is 4. The van der Waals surface area contributed by atoms with Crippen LogP contribution in [-0.2, 0) is 6.54 Å². The summed E-state index contributed by atoms with van der Waals surface area (Å²) in [5.74, 6) is -0.332. The number of aliphatic hydroxyl groups is 1. The minimum atomic E-state index is -0.829. The van der Waals surface area contributed by atoms with Crippen LogP contribution in [0.1, 0.15) is 11.7 Å². The van der Waals surface area contributed by atoms with Crippen LogP contribution in [0.15, 0.2) is 71.5 Å². The van der Waals surface area contributed by atoms with Gasteiger partial charge in [0.25, 0.3) is 5.56 Å². The molecule has 0 radical (unpaired) electrons. The van der Waals surface area contributed by atoms with Crippen LogP contribution in [0.25, 0.3) is 11.3 Å². The normalized spacial score (nSPS) is 12.1. The zero-order valence-electron chi connectivity index (χ0n) is 12.3. The molecule has 0 fully saturated rings. The van der Waals surface area contributed by atoms with Gasteiger partial charge in [0.15, 0.2) is 0 Å². The fourth-order valence-electron chi connectivity index (χ4n) is 2.30. The van der Waals surface area contributed by atoms with E-state index in [1.807, 2.05) is 18.2 Å². The van der Waals surface area contributed by atoms with Gasteiger partial charge >= 0.3 is 0 Å². The predicted molar refractivity (Wildman–Crippen MR) is 85.3 cm³/mol. The van der Waals surface area contributed by atoms with Crippen LogP contribution < -0.4 is 5.56 Å². The smallest absolute Gasteiger partial charge is 0.266 e. The molecule has 0 saturated carbocycles. The van der Waals surface area contributed by atoms with Crippen LogP contribution in [-0.4, -0.2) is 14.9 Å². The predicted octanol–water partition coefficient (Wildman–Crippen LogP) is 2.78. The van der Waals surface area contributed by atoms with E-state index in [0.29, 0.717) is 16.8 Å². The Labute approximate surface area is 132 Å². The van der Waals surface area contributed by atoms with E-state index in [1.54, 1.807) is 30.3 Å². The van der Waals surface area contributed by atoms with Crippen molar-refractivity contribution in [1.82, 2.24) is 9.78 Å². The summed E-state index contributed by atoms with van der Waals surface area (Å²) < 4.78 is 14.2. The molecule has 23 heavy (non-hydrogen) atoms. The van der Waals surface area contributed by atoms with Gasteiger partial charge in [-0.3, -0.25) is 4.79 Å². The molecule has 0 aliphatic heterocycles. The lowest BCUT2D eigenvalue weighted by Crippen LogP contribution is -2.25. The molecule has 1 unspecified atom stereocenters. The summed E-state index contributed by atoms with van der Waals surface area (Å²) in [6.45, 7) is 0.0535. The highest BCUT2D eigenvalue weighted by Crippen LogP contribution is 2.17. The molecule has 116 valence electrons. The average molecular weight is 310 g/mol. The van der Waals surface area contributed by atoms with Crippen LogP contribution >= 0.6 is 0 Å². The molecule has 0 aliphatic rings. The van der Waals surface area contributed by atoms with Gasteiger partial charge in [0.2, 0.25) is 0 Å². The van der Waals surface area contributed by atoms with Gasteiger partial charge in [-0.25, -0.2) is 9.07 Å². The van der Waals surface area contributed by atoms with Crippen molar-refractivity contribution < 1.29 is 9.50 Å². The first-order valence-corrected chi connectivity index (χ1v) is 7.20. The van der Waals surface area contributed by atoms with Crippen molar-refractivity contribution in [3.8, 4) is 11.3 Å². The largest absolute Gasteiger partial charge is 0.386 e. The summed E-state index contributed by atoms with van der Waals surface area (Å²) in [4.78, 5) is 12.0. The van der Waals surface area contributed by atoms with E-state index in [1.165, 1.54) is 22.9 Å². The second-order valence-electron chi connectivity index (χ2n) is 5.17. The Morgan fingerprint density at radius 3 is 2.39 bits per heavy atom. The Hall–Kier alpha value is -2.79. The monoisotopic (exact) mass is 310 g/mol. The lowest BCUT2D eigenvalue weighted by atomic mass is 10.1. The van der Waals surface area contributed by atoms with E-state index in [4.69, 9.17) is 0 Å². The Morgan fingerprint density at radius 2 is 1.70 bits per heavy atom. The van der Waals surface area contributed by atoms with E-state index in [2.05, 4.69) is 5.10 Å². The quantitative estimate of drug-likeness (QED) is 0.806. The molecular formula is C18H15FN2O2. The van der Waals surface area contributed by atoms with Crippen molar-refractivity contribution in [3.05, 3.63) is 88.5 Å². The summed E-state index contributed by atoms with van der Waals surface area (Å²) in [5.41, 5.74) is 1.67. The molecule has 1 N–H and O–H groups in total. The Morgan fingerprint density at radius 1 is 1.00 bits per heavy atom. The lowest BCUT2D eigenvalue weighted by molar-refractivity contribution is 0.149. The van der Waals surface area contributed by atoms with E-state index in [-0.39, 0.29) is 17.9 Å². The van der Waals surface area contributed by atoms with Gasteiger partial charge in [-0.1, -0.05) is 30.3 Å². The molecule has 3 rings (SSSR count). The highest BCUT2D eigenvalue weighted by Gasteiger charge is 2.11. The number of hydrogen-bond donors (Lipinski definition) is 1. The summed E-state index contributed by atoms with van der Waals surface area (Å²) in [6, 6.07) is 17.9. The fourth-order valence-corrected chi connectivity index (χ4v) is 2.30. The van der Waals surface area contributed by atoms with Gasteiger partial charge in [0, 0.05) is 11.6 Å². The second-order valence-corrected chi connectivity index (χ2v) is 5.17. The molecule has 0 amide bonds. The van der Waals surface area contributed by atoms with Crippen LogP contribution in [0.5, 0.6) is 0 Å². The number of hydrogen-bond acceptors (Lipinski definition) is 3. The maximum Gasteiger partial charge on any atom is 0.266 e. The minimum Gasteiger partial charge on any atom is -0.386 e. The standard InChI is InChI=1S/C18H15FN2O2/c19-15-8-6-13(7-9-15)16-10-11-18(23)21(20-16)12-17(22)14-4-2-1-3-5-14/h1-11,17,22H,12H2. The molecule has 3 aromatic rings. The molecular weight excluding hydrogens is 295 g/mol. The third-order valence-electron chi connectivity index (χ3n) is 3.54. The first-order chi connectivity index (χ1) is 11.1. The van der Waals surface area contributed by atoms with Crippen molar-refractivity contribution in [1.29, 1.82) is 0 Å². The number of aliphatic hydroxyl groups excluding tert-OH is 1. The van der Waals surface area contributed by atoms with Crippen LogP contribution in [0.2, 0.25) is 0 Å². The molecule has 0 saturated heterocycles. The van der Waals surface area contributed by atoms with Crippen molar-refractivity contribution >= 4 is 0 Å². The van der Waals surface area contributed by atoms with Crippen molar-refractivity contribution in [2.45, 2.75) is 12.6 Å². The zero-order valence-corrected chi connectivity index (χ0v) is 12.3. The fraction of sp³-hybridized carbons (Fsp3) is 0.111.